The van der Waals surface area contributed by atoms with Gasteiger partial charge in [-0.3, -0.25) is 4.79 Å². The van der Waals surface area contributed by atoms with Crippen molar-refractivity contribution in [1.82, 2.24) is 30.6 Å². The summed E-state index contributed by atoms with van der Waals surface area (Å²) in [5.74, 6) is 1.57. The zero-order valence-corrected chi connectivity index (χ0v) is 18.5. The average molecular weight is 443 g/mol. The molecule has 168 valence electrons. The number of hydrogen-bond donors (Lipinski definition) is 3. The fourth-order valence-corrected chi connectivity index (χ4v) is 3.56. The quantitative estimate of drug-likeness (QED) is 0.343. The van der Waals surface area contributed by atoms with Gasteiger partial charge in [-0.05, 0) is 28.3 Å². The normalized spacial score (nSPS) is 10.8. The van der Waals surface area contributed by atoms with Crippen LogP contribution in [0, 0.1) is 0 Å². The number of rotatable bonds is 10. The monoisotopic (exact) mass is 442 g/mol. The Morgan fingerprint density at radius 1 is 1.09 bits per heavy atom. The molecule has 4 aromatic rings. The number of primary amides is 1. The van der Waals surface area contributed by atoms with Crippen LogP contribution in [0.2, 0.25) is 0 Å². The van der Waals surface area contributed by atoms with Crippen LogP contribution in [0.1, 0.15) is 36.7 Å². The van der Waals surface area contributed by atoms with Crippen LogP contribution in [-0.2, 0) is 24.2 Å². The first-order valence-corrected chi connectivity index (χ1v) is 10.9. The Morgan fingerprint density at radius 3 is 2.58 bits per heavy atom. The molecular formula is C24H26N8O. The van der Waals surface area contributed by atoms with Gasteiger partial charge in [0.1, 0.15) is 11.6 Å². The third kappa shape index (κ3) is 5.57. The van der Waals surface area contributed by atoms with E-state index in [1.54, 1.807) is 6.20 Å². The molecule has 0 saturated carbocycles. The van der Waals surface area contributed by atoms with Crippen molar-refractivity contribution in [3.05, 3.63) is 71.7 Å². The van der Waals surface area contributed by atoms with E-state index >= 15 is 0 Å². The van der Waals surface area contributed by atoms with E-state index in [-0.39, 0.29) is 6.42 Å². The van der Waals surface area contributed by atoms with Crippen LogP contribution >= 0.6 is 0 Å². The van der Waals surface area contributed by atoms with Gasteiger partial charge in [-0.25, -0.2) is 9.97 Å². The number of aromatic amines is 1. The second-order valence-corrected chi connectivity index (χ2v) is 7.74. The molecule has 0 aliphatic heterocycles. The lowest BCUT2D eigenvalue weighted by molar-refractivity contribution is -0.117. The number of anilines is 1. The Balaban J connectivity index is 1.51. The van der Waals surface area contributed by atoms with Crippen molar-refractivity contribution in [3.63, 3.8) is 0 Å². The van der Waals surface area contributed by atoms with Gasteiger partial charge in [0.2, 0.25) is 11.7 Å². The number of carbonyl (C=O) groups is 1. The smallest absolute Gasteiger partial charge is 0.222 e. The van der Waals surface area contributed by atoms with Crippen LogP contribution in [-0.4, -0.2) is 36.5 Å². The molecule has 2 aromatic carbocycles. The molecule has 33 heavy (non-hydrogen) atoms. The Labute approximate surface area is 191 Å². The number of tetrazole rings is 1. The Hall–Kier alpha value is -4.14. The van der Waals surface area contributed by atoms with Gasteiger partial charge in [0.25, 0.3) is 0 Å². The summed E-state index contributed by atoms with van der Waals surface area (Å²) in [6.07, 6.45) is 4.68. The number of nitrogens with zero attached hydrogens (tertiary/aromatic N) is 5. The van der Waals surface area contributed by atoms with Crippen molar-refractivity contribution in [1.29, 1.82) is 0 Å². The van der Waals surface area contributed by atoms with E-state index in [4.69, 9.17) is 5.73 Å². The number of nitrogens with one attached hydrogen (secondary N) is 2. The second-order valence-electron chi connectivity index (χ2n) is 7.74. The summed E-state index contributed by atoms with van der Waals surface area (Å²) in [6.45, 7) is 2.69. The van der Waals surface area contributed by atoms with E-state index in [1.807, 2.05) is 24.3 Å². The van der Waals surface area contributed by atoms with Gasteiger partial charge in [-0.2, -0.15) is 5.21 Å². The van der Waals surface area contributed by atoms with Crippen LogP contribution in [0.3, 0.4) is 0 Å². The van der Waals surface area contributed by atoms with Crippen molar-refractivity contribution in [3.8, 4) is 22.5 Å². The number of hydrogen-bond acceptors (Lipinski definition) is 7. The Kier molecular flexibility index (Phi) is 6.99. The molecule has 0 bridgehead atoms. The number of aromatic nitrogens is 6. The summed E-state index contributed by atoms with van der Waals surface area (Å²) >= 11 is 0. The van der Waals surface area contributed by atoms with Gasteiger partial charge < -0.3 is 11.1 Å². The third-order valence-electron chi connectivity index (χ3n) is 5.27. The standard InChI is InChI=1S/C24H26N8O/c1-2-3-8-22-26-15-18(13-21(25)33)23(28-22)27-14-16-9-11-17(12-10-16)19-6-4-5-7-20(19)24-29-31-32-30-24/h4-7,9-12,15H,2-3,8,13-14H2,1H3,(H2,25,33)(H,26,27,28)(H,29,30,31,32). The molecule has 2 aromatic heterocycles. The number of unbranched alkanes of at least 4 members (excludes halogenated alkanes) is 1. The SMILES string of the molecule is CCCCc1ncc(CC(N)=O)c(NCc2ccc(-c3ccccc3-c3nn[nH]n3)cc2)n1. The molecule has 9 heteroatoms. The van der Waals surface area contributed by atoms with Gasteiger partial charge in [0.05, 0.1) is 6.42 Å². The van der Waals surface area contributed by atoms with Crippen molar-refractivity contribution in [2.24, 2.45) is 5.73 Å². The number of aryl methyl sites for hydroxylation is 1. The number of amides is 1. The first kappa shape index (κ1) is 22.1. The molecular weight excluding hydrogens is 416 g/mol. The molecule has 2 heterocycles. The molecule has 4 N–H and O–H groups in total. The zero-order valence-electron chi connectivity index (χ0n) is 18.5. The molecule has 4 rings (SSSR count). The van der Waals surface area contributed by atoms with Gasteiger partial charge in [-0.15, -0.1) is 10.2 Å². The predicted molar refractivity (Wildman–Crippen MR) is 126 cm³/mol. The number of nitrogens with two attached hydrogens (primary N) is 1. The molecule has 0 aliphatic rings. The van der Waals surface area contributed by atoms with E-state index in [0.717, 1.165) is 47.3 Å². The summed E-state index contributed by atoms with van der Waals surface area (Å²) in [6, 6.07) is 16.2. The van der Waals surface area contributed by atoms with Crippen LogP contribution < -0.4 is 11.1 Å². The third-order valence-corrected chi connectivity index (χ3v) is 5.27. The summed E-state index contributed by atoms with van der Waals surface area (Å²) in [5, 5.41) is 17.7. The van der Waals surface area contributed by atoms with Crippen LogP contribution in [0.25, 0.3) is 22.5 Å². The first-order chi connectivity index (χ1) is 16.1. The van der Waals surface area contributed by atoms with Gasteiger partial charge in [-0.1, -0.05) is 61.9 Å². The highest BCUT2D eigenvalue weighted by atomic mass is 16.1. The molecule has 0 saturated heterocycles. The van der Waals surface area contributed by atoms with Crippen LogP contribution in [0.15, 0.2) is 54.7 Å². The minimum Gasteiger partial charge on any atom is -0.369 e. The van der Waals surface area contributed by atoms with E-state index in [2.05, 4.69) is 67.1 Å². The summed E-state index contributed by atoms with van der Waals surface area (Å²) < 4.78 is 0. The maximum atomic E-state index is 11.5. The number of H-pyrrole nitrogens is 1. The second kappa shape index (κ2) is 10.4. The summed E-state index contributed by atoms with van der Waals surface area (Å²) in [5.41, 5.74) is 10.2. The van der Waals surface area contributed by atoms with Gasteiger partial charge >= 0.3 is 0 Å². The molecule has 0 unspecified atom stereocenters. The molecule has 0 spiro atoms. The lowest BCUT2D eigenvalue weighted by Crippen LogP contribution is -2.17. The average Bonchev–Trinajstić information content (AvgIpc) is 3.37. The summed E-state index contributed by atoms with van der Waals surface area (Å²) in [7, 11) is 0. The van der Waals surface area contributed by atoms with Gasteiger partial charge in [0, 0.05) is 30.3 Å². The van der Waals surface area contributed by atoms with Crippen LogP contribution in [0.5, 0.6) is 0 Å². The molecule has 0 fully saturated rings. The maximum absolute atomic E-state index is 11.5. The molecule has 0 aliphatic carbocycles. The summed E-state index contributed by atoms with van der Waals surface area (Å²) in [4.78, 5) is 20.5. The minimum absolute atomic E-state index is 0.0994. The van der Waals surface area contributed by atoms with Crippen molar-refractivity contribution < 1.29 is 4.79 Å². The van der Waals surface area contributed by atoms with E-state index in [0.29, 0.717) is 23.8 Å². The number of carbonyl (C=O) groups excluding carboxylic acids is 1. The van der Waals surface area contributed by atoms with Crippen molar-refractivity contribution in [2.75, 3.05) is 5.32 Å². The van der Waals surface area contributed by atoms with Crippen molar-refractivity contribution in [2.45, 2.75) is 39.2 Å². The van der Waals surface area contributed by atoms with E-state index in [1.165, 1.54) is 0 Å². The lowest BCUT2D eigenvalue weighted by atomic mass is 9.98. The Morgan fingerprint density at radius 2 is 1.88 bits per heavy atom. The number of benzene rings is 2. The largest absolute Gasteiger partial charge is 0.369 e. The van der Waals surface area contributed by atoms with E-state index < -0.39 is 5.91 Å². The van der Waals surface area contributed by atoms with Crippen LogP contribution in [0.4, 0.5) is 5.82 Å². The minimum atomic E-state index is -0.410. The molecule has 0 radical (unpaired) electrons. The van der Waals surface area contributed by atoms with Crippen molar-refractivity contribution >= 4 is 11.7 Å². The fourth-order valence-electron chi connectivity index (χ4n) is 3.56. The highest BCUT2D eigenvalue weighted by Gasteiger charge is 2.12. The molecule has 9 nitrogen and oxygen atoms in total. The zero-order chi connectivity index (χ0) is 23.0. The van der Waals surface area contributed by atoms with Gasteiger partial charge in [0.15, 0.2) is 0 Å². The predicted octanol–water partition coefficient (Wildman–Crippen LogP) is 3.31. The highest BCUT2D eigenvalue weighted by molar-refractivity contribution is 5.80. The molecule has 0 atom stereocenters. The molecule has 1 amide bonds. The first-order valence-electron chi connectivity index (χ1n) is 10.9. The topological polar surface area (TPSA) is 135 Å². The fraction of sp³-hybridized carbons (Fsp3) is 0.250. The Bertz CT molecular complexity index is 1210. The van der Waals surface area contributed by atoms with E-state index in [9.17, 15) is 4.79 Å². The highest BCUT2D eigenvalue weighted by Crippen LogP contribution is 2.29. The lowest BCUT2D eigenvalue weighted by Gasteiger charge is -2.12. The maximum Gasteiger partial charge on any atom is 0.222 e.